The van der Waals surface area contributed by atoms with E-state index in [1.165, 1.54) is 19.2 Å². The summed E-state index contributed by atoms with van der Waals surface area (Å²) in [7, 11) is -3.49. The van der Waals surface area contributed by atoms with Crippen molar-refractivity contribution < 1.29 is 32.3 Å². The zero-order valence-electron chi connectivity index (χ0n) is 11.7. The Kier molecular flexibility index (Phi) is 5.12. The average Bonchev–Trinajstić information content (AvgIpc) is 2.49. The van der Waals surface area contributed by atoms with Crippen molar-refractivity contribution in [3.63, 3.8) is 0 Å². The van der Waals surface area contributed by atoms with Crippen molar-refractivity contribution in [1.82, 2.24) is 0 Å². The summed E-state index contributed by atoms with van der Waals surface area (Å²) in [5.41, 5.74) is -0.410. The molecule has 2 N–H and O–H groups in total. The molecule has 0 aliphatic carbocycles. The Bertz CT molecular complexity index is 847. The Morgan fingerprint density at radius 1 is 1.22 bits per heavy atom. The number of benzene rings is 2. The number of rotatable bonds is 4. The molecule has 2 aromatic rings. The van der Waals surface area contributed by atoms with Crippen LogP contribution in [0.1, 0.15) is 10.4 Å². The van der Waals surface area contributed by atoms with Gasteiger partial charge >= 0.3 is 5.97 Å². The third-order valence-corrected chi connectivity index (χ3v) is 4.68. The zero-order valence-corrected chi connectivity index (χ0v) is 14.7. The van der Waals surface area contributed by atoms with Crippen molar-refractivity contribution in [2.24, 2.45) is 0 Å². The Morgan fingerprint density at radius 2 is 1.83 bits per heavy atom. The maximum atomic E-state index is 12.2. The summed E-state index contributed by atoms with van der Waals surface area (Å²) in [6, 6.07) is 8.85. The van der Waals surface area contributed by atoms with E-state index in [9.17, 15) is 22.9 Å². The van der Waals surface area contributed by atoms with Gasteiger partial charge in [0.2, 0.25) is 0 Å². The smallest absolute Gasteiger partial charge is 0.347 e. The van der Waals surface area contributed by atoms with Gasteiger partial charge in [-0.1, -0.05) is 18.2 Å². The third-order valence-electron chi connectivity index (χ3n) is 2.82. The molecule has 0 aliphatic heterocycles. The van der Waals surface area contributed by atoms with Crippen LogP contribution < -0.4 is 9.47 Å². The van der Waals surface area contributed by atoms with Gasteiger partial charge in [0.05, 0.1) is 10.7 Å². The molecule has 2 aromatic carbocycles. The van der Waals surface area contributed by atoms with Crippen LogP contribution in [0.25, 0.3) is 0 Å². The maximum absolute atomic E-state index is 12.2. The number of methoxy groups -OCH3 is 1. The van der Waals surface area contributed by atoms with Crippen LogP contribution in [0, 0.1) is 3.57 Å². The highest BCUT2D eigenvalue weighted by molar-refractivity contribution is 14.1. The number of phenolic OH excluding ortho intramolecular Hbond substituents is 1. The fourth-order valence-corrected chi connectivity index (χ4v) is 3.46. The first-order chi connectivity index (χ1) is 10.8. The van der Waals surface area contributed by atoms with Gasteiger partial charge in [0.15, 0.2) is 5.75 Å². The summed E-state index contributed by atoms with van der Waals surface area (Å²) < 4.78 is 42.1. The van der Waals surface area contributed by atoms with E-state index in [0.29, 0.717) is 0 Å². The van der Waals surface area contributed by atoms with Gasteiger partial charge < -0.3 is 14.6 Å². The standard InChI is InChI=1S/C14H11IO7S/c1-21-13-10(23(18,19)20)7-9(12(16)11(13)15)14(17)22-8-5-3-2-4-6-8/h2-7,16H,1H3,(H,18,19,20). The molecule has 0 unspecified atom stereocenters. The molecule has 0 heterocycles. The molecule has 0 saturated carbocycles. The second-order valence-electron chi connectivity index (χ2n) is 4.30. The van der Waals surface area contributed by atoms with E-state index in [-0.39, 0.29) is 15.1 Å². The molecule has 2 rings (SSSR count). The van der Waals surface area contributed by atoms with Crippen molar-refractivity contribution in [1.29, 1.82) is 0 Å². The van der Waals surface area contributed by atoms with Gasteiger partial charge in [-0.3, -0.25) is 4.55 Å². The maximum Gasteiger partial charge on any atom is 0.347 e. The minimum Gasteiger partial charge on any atom is -0.506 e. The molecule has 0 saturated heterocycles. The molecule has 0 fully saturated rings. The number of hydrogen-bond donors (Lipinski definition) is 2. The Hall–Kier alpha value is -1.85. The molecule has 0 aromatic heterocycles. The van der Waals surface area contributed by atoms with Gasteiger partial charge in [-0.15, -0.1) is 0 Å². The minimum atomic E-state index is -4.66. The van der Waals surface area contributed by atoms with E-state index in [1.807, 2.05) is 0 Å². The van der Waals surface area contributed by atoms with Gasteiger partial charge in [-0.25, -0.2) is 4.79 Å². The van der Waals surface area contributed by atoms with Gasteiger partial charge in [-0.05, 0) is 40.8 Å². The number of carbonyl (C=O) groups excluding carboxylic acids is 1. The first-order valence-corrected chi connectivity index (χ1v) is 8.61. The zero-order chi connectivity index (χ0) is 17.2. The van der Waals surface area contributed by atoms with E-state index < -0.39 is 32.3 Å². The fourth-order valence-electron chi connectivity index (χ4n) is 1.79. The van der Waals surface area contributed by atoms with Crippen molar-refractivity contribution in [2.45, 2.75) is 4.90 Å². The third kappa shape index (κ3) is 3.74. The normalized spacial score (nSPS) is 11.1. The molecule has 0 spiro atoms. The Balaban J connectivity index is 2.55. The molecule has 0 radical (unpaired) electrons. The molecular formula is C14H11IO7S. The van der Waals surface area contributed by atoms with Crippen LogP contribution in [0.3, 0.4) is 0 Å². The highest BCUT2D eigenvalue weighted by Gasteiger charge is 2.27. The lowest BCUT2D eigenvalue weighted by atomic mass is 10.2. The second kappa shape index (κ2) is 6.72. The predicted molar refractivity (Wildman–Crippen MR) is 88.6 cm³/mol. The lowest BCUT2D eigenvalue weighted by molar-refractivity contribution is 0.0731. The second-order valence-corrected chi connectivity index (χ2v) is 6.76. The van der Waals surface area contributed by atoms with E-state index in [0.717, 1.165) is 6.07 Å². The number of para-hydroxylation sites is 1. The first-order valence-electron chi connectivity index (χ1n) is 6.10. The Morgan fingerprint density at radius 3 is 2.35 bits per heavy atom. The number of halogens is 1. The number of aromatic hydroxyl groups is 1. The summed E-state index contributed by atoms with van der Waals surface area (Å²) in [6.45, 7) is 0. The molecule has 23 heavy (non-hydrogen) atoms. The van der Waals surface area contributed by atoms with Crippen LogP contribution in [0.15, 0.2) is 41.3 Å². The van der Waals surface area contributed by atoms with Gasteiger partial charge in [0.1, 0.15) is 22.0 Å². The highest BCUT2D eigenvalue weighted by Crippen LogP contribution is 2.38. The molecular weight excluding hydrogens is 439 g/mol. The molecule has 0 bridgehead atoms. The van der Waals surface area contributed by atoms with Crippen molar-refractivity contribution in [2.75, 3.05) is 7.11 Å². The molecule has 122 valence electrons. The van der Waals surface area contributed by atoms with Crippen LogP contribution in [0.4, 0.5) is 0 Å². The van der Waals surface area contributed by atoms with E-state index in [1.54, 1.807) is 40.8 Å². The monoisotopic (exact) mass is 450 g/mol. The van der Waals surface area contributed by atoms with Gasteiger partial charge in [-0.2, -0.15) is 8.42 Å². The summed E-state index contributed by atoms with van der Waals surface area (Å²) >= 11 is 1.60. The SMILES string of the molecule is COc1c(S(=O)(=O)O)cc(C(=O)Oc2ccccc2)c(O)c1I. The number of esters is 1. The quantitative estimate of drug-likeness (QED) is 0.319. The lowest BCUT2D eigenvalue weighted by Crippen LogP contribution is -2.12. The van der Waals surface area contributed by atoms with E-state index in [2.05, 4.69) is 0 Å². The average molecular weight is 450 g/mol. The summed E-state index contributed by atoms with van der Waals surface area (Å²) in [5, 5.41) is 10.1. The molecule has 9 heteroatoms. The molecule has 0 atom stereocenters. The first kappa shape index (κ1) is 17.5. The number of hydrogen-bond acceptors (Lipinski definition) is 6. The Labute approximate surface area is 145 Å². The van der Waals surface area contributed by atoms with Crippen LogP contribution >= 0.6 is 22.6 Å². The highest BCUT2D eigenvalue weighted by atomic mass is 127. The van der Waals surface area contributed by atoms with Crippen molar-refractivity contribution >= 4 is 38.7 Å². The number of carbonyl (C=O) groups is 1. The van der Waals surface area contributed by atoms with Crippen LogP contribution in [0.2, 0.25) is 0 Å². The largest absolute Gasteiger partial charge is 0.506 e. The summed E-state index contributed by atoms with van der Waals surface area (Å²) in [4.78, 5) is 11.5. The topological polar surface area (TPSA) is 110 Å². The number of phenols is 1. The van der Waals surface area contributed by atoms with Crippen LogP contribution in [-0.2, 0) is 10.1 Å². The van der Waals surface area contributed by atoms with Crippen LogP contribution in [0.5, 0.6) is 17.2 Å². The summed E-state index contributed by atoms with van der Waals surface area (Å²) in [5.74, 6) is -1.52. The van der Waals surface area contributed by atoms with Crippen molar-refractivity contribution in [3.05, 3.63) is 45.5 Å². The molecule has 0 amide bonds. The minimum absolute atomic E-state index is 0.0414. The van der Waals surface area contributed by atoms with Crippen LogP contribution in [-0.4, -0.2) is 31.2 Å². The van der Waals surface area contributed by atoms with Gasteiger partial charge in [0, 0.05) is 0 Å². The molecule has 0 aliphatic rings. The molecule has 7 nitrogen and oxygen atoms in total. The van der Waals surface area contributed by atoms with Gasteiger partial charge in [0.25, 0.3) is 10.1 Å². The lowest BCUT2D eigenvalue weighted by Gasteiger charge is -2.13. The van der Waals surface area contributed by atoms with E-state index in [4.69, 9.17) is 9.47 Å². The predicted octanol–water partition coefficient (Wildman–Crippen LogP) is 2.47. The van der Waals surface area contributed by atoms with E-state index >= 15 is 0 Å². The fraction of sp³-hybridized carbons (Fsp3) is 0.0714. The number of ether oxygens (including phenoxy) is 2. The summed E-state index contributed by atoms with van der Waals surface area (Å²) in [6.07, 6.45) is 0. The van der Waals surface area contributed by atoms with Crippen molar-refractivity contribution in [3.8, 4) is 17.2 Å².